The molecule has 2 N–H and O–H groups in total. The third-order valence-electron chi connectivity index (χ3n) is 3.10. The van der Waals surface area contributed by atoms with Crippen molar-refractivity contribution in [1.82, 2.24) is 5.32 Å². The Labute approximate surface area is 109 Å². The zero-order valence-corrected chi connectivity index (χ0v) is 10.2. The molecule has 19 heavy (non-hydrogen) atoms. The predicted octanol–water partition coefficient (Wildman–Crippen LogP) is 2.80. The van der Waals surface area contributed by atoms with Gasteiger partial charge in [-0.25, -0.2) is 9.18 Å². The second-order valence-corrected chi connectivity index (χ2v) is 4.50. The van der Waals surface area contributed by atoms with Crippen LogP contribution in [-0.4, -0.2) is 17.0 Å². The number of rotatable bonds is 3. The summed E-state index contributed by atoms with van der Waals surface area (Å²) in [5, 5.41) is 15.9. The number of hydrogen-bond donors (Lipinski definition) is 2. The van der Waals surface area contributed by atoms with Crippen molar-refractivity contribution < 1.29 is 14.1 Å². The number of nitro benzene ring substituents is 1. The maximum atomic E-state index is 12.9. The van der Waals surface area contributed by atoms with Crippen LogP contribution in [0.2, 0.25) is 0 Å². The highest BCUT2D eigenvalue weighted by Gasteiger charge is 2.20. The van der Waals surface area contributed by atoms with Crippen LogP contribution in [0.4, 0.5) is 20.6 Å². The first kappa shape index (κ1) is 13.3. The van der Waals surface area contributed by atoms with Crippen LogP contribution in [0.1, 0.15) is 25.7 Å². The predicted molar refractivity (Wildman–Crippen MR) is 67.5 cm³/mol. The standard InChI is InChI=1S/C12H14FN3O3/c13-8-5-6-10(11(7-8)16(18)19)15-12(17)14-9-3-1-2-4-9/h5-7,9H,1-4H2,(H2,14,15,17). The molecule has 1 aromatic carbocycles. The monoisotopic (exact) mass is 267 g/mol. The molecule has 0 heterocycles. The number of anilines is 1. The van der Waals surface area contributed by atoms with Gasteiger partial charge in [0.15, 0.2) is 0 Å². The molecule has 0 radical (unpaired) electrons. The van der Waals surface area contributed by atoms with Gasteiger partial charge in [-0.1, -0.05) is 12.8 Å². The molecule has 0 aromatic heterocycles. The van der Waals surface area contributed by atoms with Gasteiger partial charge in [0.05, 0.1) is 11.0 Å². The molecular weight excluding hydrogens is 253 g/mol. The molecule has 2 rings (SSSR count). The highest BCUT2D eigenvalue weighted by Crippen LogP contribution is 2.25. The number of nitro groups is 1. The first-order valence-electron chi connectivity index (χ1n) is 6.08. The number of nitrogens with one attached hydrogen (secondary N) is 2. The van der Waals surface area contributed by atoms with E-state index in [2.05, 4.69) is 10.6 Å². The molecule has 1 fully saturated rings. The van der Waals surface area contributed by atoms with Gasteiger partial charge < -0.3 is 10.6 Å². The quantitative estimate of drug-likeness (QED) is 0.652. The Morgan fingerprint density at radius 1 is 1.37 bits per heavy atom. The lowest BCUT2D eigenvalue weighted by Crippen LogP contribution is -2.36. The number of hydrogen-bond acceptors (Lipinski definition) is 3. The van der Waals surface area contributed by atoms with E-state index < -0.39 is 22.5 Å². The maximum absolute atomic E-state index is 12.9. The van der Waals surface area contributed by atoms with E-state index in [0.717, 1.165) is 37.8 Å². The molecule has 7 heteroatoms. The van der Waals surface area contributed by atoms with Crippen LogP contribution in [0.15, 0.2) is 18.2 Å². The first-order valence-corrected chi connectivity index (χ1v) is 6.08. The summed E-state index contributed by atoms with van der Waals surface area (Å²) in [6.07, 6.45) is 3.97. The minimum absolute atomic E-state index is 0.0121. The van der Waals surface area contributed by atoms with Gasteiger partial charge in [0.2, 0.25) is 0 Å². The lowest BCUT2D eigenvalue weighted by Gasteiger charge is -2.12. The number of urea groups is 1. The topological polar surface area (TPSA) is 84.3 Å². The zero-order chi connectivity index (χ0) is 13.8. The largest absolute Gasteiger partial charge is 0.335 e. The van der Waals surface area contributed by atoms with E-state index in [-0.39, 0.29) is 11.7 Å². The van der Waals surface area contributed by atoms with Crippen LogP contribution < -0.4 is 10.6 Å². The number of amides is 2. The number of carbonyl (C=O) groups is 1. The van der Waals surface area contributed by atoms with E-state index in [4.69, 9.17) is 0 Å². The number of nitrogens with zero attached hydrogens (tertiary/aromatic N) is 1. The summed E-state index contributed by atoms with van der Waals surface area (Å²) in [5.74, 6) is -0.714. The molecule has 2 amide bonds. The maximum Gasteiger partial charge on any atom is 0.319 e. The Morgan fingerprint density at radius 3 is 2.68 bits per heavy atom. The van der Waals surface area contributed by atoms with E-state index >= 15 is 0 Å². The Kier molecular flexibility index (Phi) is 3.94. The summed E-state index contributed by atoms with van der Waals surface area (Å²) in [5.41, 5.74) is -0.469. The number of halogens is 1. The van der Waals surface area contributed by atoms with Gasteiger partial charge in [-0.2, -0.15) is 0 Å². The van der Waals surface area contributed by atoms with Gasteiger partial charge in [0.1, 0.15) is 11.5 Å². The molecule has 1 saturated carbocycles. The highest BCUT2D eigenvalue weighted by atomic mass is 19.1. The first-order chi connectivity index (χ1) is 9.06. The number of carbonyl (C=O) groups excluding carboxylic acids is 1. The molecule has 1 aliphatic rings. The van der Waals surface area contributed by atoms with Crippen LogP contribution in [0.3, 0.4) is 0 Å². The van der Waals surface area contributed by atoms with Gasteiger partial charge in [0, 0.05) is 6.04 Å². The van der Waals surface area contributed by atoms with Crippen LogP contribution in [0.25, 0.3) is 0 Å². The Morgan fingerprint density at radius 2 is 2.05 bits per heavy atom. The fourth-order valence-corrected chi connectivity index (χ4v) is 2.18. The zero-order valence-electron chi connectivity index (χ0n) is 10.2. The van der Waals surface area contributed by atoms with Crippen LogP contribution >= 0.6 is 0 Å². The van der Waals surface area contributed by atoms with Gasteiger partial charge in [-0.3, -0.25) is 10.1 Å². The second-order valence-electron chi connectivity index (χ2n) is 4.50. The van der Waals surface area contributed by atoms with E-state index in [0.29, 0.717) is 0 Å². The van der Waals surface area contributed by atoms with Crippen molar-refractivity contribution >= 4 is 17.4 Å². The van der Waals surface area contributed by atoms with Gasteiger partial charge in [-0.15, -0.1) is 0 Å². The van der Waals surface area contributed by atoms with Crippen molar-refractivity contribution in [2.75, 3.05) is 5.32 Å². The van der Waals surface area contributed by atoms with Gasteiger partial charge in [-0.05, 0) is 25.0 Å². The van der Waals surface area contributed by atoms with Gasteiger partial charge in [0.25, 0.3) is 5.69 Å². The SMILES string of the molecule is O=C(Nc1ccc(F)cc1[N+](=O)[O-])NC1CCCC1. The van der Waals surface area contributed by atoms with Crippen molar-refractivity contribution in [3.63, 3.8) is 0 Å². The van der Waals surface area contributed by atoms with Crippen LogP contribution in [-0.2, 0) is 0 Å². The van der Waals surface area contributed by atoms with E-state index in [9.17, 15) is 19.3 Å². The molecule has 6 nitrogen and oxygen atoms in total. The molecule has 0 spiro atoms. The Hall–Kier alpha value is -2.18. The minimum atomic E-state index is -0.728. The average molecular weight is 267 g/mol. The normalized spacial score (nSPS) is 15.2. The molecule has 0 bridgehead atoms. The second kappa shape index (κ2) is 5.64. The lowest BCUT2D eigenvalue weighted by atomic mass is 10.2. The fraction of sp³-hybridized carbons (Fsp3) is 0.417. The van der Waals surface area contributed by atoms with Crippen molar-refractivity contribution in [3.8, 4) is 0 Å². The fourth-order valence-electron chi connectivity index (χ4n) is 2.18. The lowest BCUT2D eigenvalue weighted by molar-refractivity contribution is -0.384. The third-order valence-corrected chi connectivity index (χ3v) is 3.10. The summed E-state index contributed by atoms with van der Waals surface area (Å²) < 4.78 is 12.9. The molecule has 1 aliphatic carbocycles. The highest BCUT2D eigenvalue weighted by molar-refractivity contribution is 5.91. The molecule has 0 aliphatic heterocycles. The van der Waals surface area contributed by atoms with Gasteiger partial charge >= 0.3 is 6.03 Å². The summed E-state index contributed by atoms with van der Waals surface area (Å²) in [7, 11) is 0. The smallest absolute Gasteiger partial charge is 0.319 e. The molecule has 1 aromatic rings. The Bertz CT molecular complexity index is 501. The van der Waals surface area contributed by atoms with Crippen molar-refractivity contribution in [1.29, 1.82) is 0 Å². The van der Waals surface area contributed by atoms with Crippen molar-refractivity contribution in [2.45, 2.75) is 31.7 Å². The molecule has 0 saturated heterocycles. The Balaban J connectivity index is 2.05. The van der Waals surface area contributed by atoms with Crippen LogP contribution in [0, 0.1) is 15.9 Å². The molecule has 102 valence electrons. The molecule has 0 atom stereocenters. The summed E-state index contributed by atoms with van der Waals surface area (Å²) in [6.45, 7) is 0. The van der Waals surface area contributed by atoms with Crippen LogP contribution in [0.5, 0.6) is 0 Å². The van der Waals surface area contributed by atoms with E-state index in [1.165, 1.54) is 6.07 Å². The summed E-state index contributed by atoms with van der Waals surface area (Å²) >= 11 is 0. The molecular formula is C12H14FN3O3. The van der Waals surface area contributed by atoms with Crippen molar-refractivity contribution in [3.05, 3.63) is 34.1 Å². The number of benzene rings is 1. The summed E-state index contributed by atoms with van der Waals surface area (Å²) in [6, 6.07) is 2.64. The van der Waals surface area contributed by atoms with Crippen molar-refractivity contribution in [2.24, 2.45) is 0 Å². The molecule has 0 unspecified atom stereocenters. The van der Waals surface area contributed by atoms with E-state index in [1.54, 1.807) is 0 Å². The van der Waals surface area contributed by atoms with E-state index in [1.807, 2.05) is 0 Å². The third kappa shape index (κ3) is 3.40. The summed E-state index contributed by atoms with van der Waals surface area (Å²) in [4.78, 5) is 21.7. The average Bonchev–Trinajstić information content (AvgIpc) is 2.83. The minimum Gasteiger partial charge on any atom is -0.335 e.